The van der Waals surface area contributed by atoms with Crippen LogP contribution in [0.1, 0.15) is 58.4 Å². The second-order valence-electron chi connectivity index (χ2n) is 9.83. The largest absolute Gasteiger partial charge is 0.493 e. The quantitative estimate of drug-likeness (QED) is 0.0809. The van der Waals surface area contributed by atoms with Crippen LogP contribution in [-0.2, 0) is 15.8 Å². The highest BCUT2D eigenvalue weighted by atomic mass is 32.1. The molecule has 3 atom stereocenters. The van der Waals surface area contributed by atoms with Gasteiger partial charge in [-0.3, -0.25) is 0 Å². The molecule has 0 aromatic heterocycles. The molecule has 0 bridgehead atoms. The highest BCUT2D eigenvalue weighted by molar-refractivity contribution is 7.80. The summed E-state index contributed by atoms with van der Waals surface area (Å²) >= 11 is 5.38. The Balaban J connectivity index is 2.81. The van der Waals surface area contributed by atoms with Gasteiger partial charge < -0.3 is 40.3 Å². The van der Waals surface area contributed by atoms with Crippen LogP contribution in [0.4, 0.5) is 0 Å². The first-order chi connectivity index (χ1) is 17.9. The normalized spacial score (nSPS) is 13.6. The van der Waals surface area contributed by atoms with Crippen LogP contribution < -0.4 is 25.8 Å². The molecule has 0 saturated carbocycles. The Hall–Kier alpha value is -1.59. The minimum absolute atomic E-state index is 0.0747. The van der Waals surface area contributed by atoms with Crippen LogP contribution in [0.2, 0.25) is 5.82 Å². The van der Waals surface area contributed by atoms with Crippen LogP contribution >= 0.6 is 12.2 Å². The summed E-state index contributed by atoms with van der Waals surface area (Å²) in [5.74, 6) is 2.13. The van der Waals surface area contributed by atoms with Crippen molar-refractivity contribution in [3.05, 3.63) is 23.8 Å². The number of nitrogens with one attached hydrogen (secondary N) is 2. The van der Waals surface area contributed by atoms with E-state index in [9.17, 15) is 5.11 Å². The summed E-state index contributed by atoms with van der Waals surface area (Å²) in [5.41, 5.74) is 6.78. The number of aliphatic hydroxyl groups excluding tert-OH is 1. The smallest absolute Gasteiger partial charge is 0.282 e. The van der Waals surface area contributed by atoms with Gasteiger partial charge in [0.1, 0.15) is 0 Å². The summed E-state index contributed by atoms with van der Waals surface area (Å²) in [6.45, 7) is 9.16. The Morgan fingerprint density at radius 1 is 1.11 bits per heavy atom. The van der Waals surface area contributed by atoms with Gasteiger partial charge in [0.05, 0.1) is 26.6 Å². The highest BCUT2D eigenvalue weighted by Gasteiger charge is 2.27. The maximum Gasteiger partial charge on any atom is 0.282 e. The van der Waals surface area contributed by atoms with E-state index in [0.717, 1.165) is 43.7 Å². The van der Waals surface area contributed by atoms with Crippen molar-refractivity contribution in [2.24, 2.45) is 17.6 Å². The maximum atomic E-state index is 11.0. The van der Waals surface area contributed by atoms with Crippen molar-refractivity contribution < 1.29 is 24.0 Å². The van der Waals surface area contributed by atoms with Gasteiger partial charge in [0, 0.05) is 33.2 Å². The molecule has 0 aliphatic rings. The summed E-state index contributed by atoms with van der Waals surface area (Å²) in [7, 11) is 3.74. The molecule has 0 aliphatic carbocycles. The molecule has 0 unspecified atom stereocenters. The molecule has 1 aromatic carbocycles. The SMILES string of the molecule is CCCCCNC(=S)NC[C@H](O)[C@@H](BOCN)C[C@H](Cc1ccc(OC)c(OCCCOC)c1)C(C)C. The molecule has 8 nitrogen and oxygen atoms in total. The maximum absolute atomic E-state index is 11.0. The fourth-order valence-electron chi connectivity index (χ4n) is 4.19. The van der Waals surface area contributed by atoms with Crippen LogP contribution in [0.3, 0.4) is 0 Å². The molecule has 37 heavy (non-hydrogen) atoms. The number of aliphatic hydroxyl groups is 1. The number of rotatable bonds is 21. The Morgan fingerprint density at radius 2 is 1.89 bits per heavy atom. The summed E-state index contributed by atoms with van der Waals surface area (Å²) < 4.78 is 22.1. The first-order valence-corrected chi connectivity index (χ1v) is 14.0. The number of nitrogens with two attached hydrogens (primary N) is 1. The molecule has 1 aromatic rings. The minimum atomic E-state index is -0.612. The molecule has 0 fully saturated rings. The molecule has 0 saturated heterocycles. The standard InChI is InChI=1S/C27H50BN3O5S/c1-6-7-8-12-30-27(37)31-18-24(32)23(28-36-19-29)17-22(20(2)3)15-21-10-11-25(34-5)26(16-21)35-14-9-13-33-4/h10-11,16,20,22-24,28,32H,6-9,12-15,17-19,29H2,1-5H3,(H2,30,31,37)/t22-,23-,24-/m0/s1. The summed E-state index contributed by atoms with van der Waals surface area (Å²) in [4.78, 5) is 0. The molecule has 0 amide bonds. The molecule has 5 N–H and O–H groups in total. The van der Waals surface area contributed by atoms with Gasteiger partial charge in [0.2, 0.25) is 0 Å². The van der Waals surface area contributed by atoms with Crippen molar-refractivity contribution in [3.8, 4) is 11.5 Å². The van der Waals surface area contributed by atoms with E-state index in [-0.39, 0.29) is 12.5 Å². The Morgan fingerprint density at radius 3 is 2.54 bits per heavy atom. The van der Waals surface area contributed by atoms with E-state index in [1.807, 2.05) is 6.07 Å². The Bertz CT molecular complexity index is 744. The average Bonchev–Trinajstić information content (AvgIpc) is 2.89. The van der Waals surface area contributed by atoms with Crippen molar-refractivity contribution in [1.29, 1.82) is 0 Å². The van der Waals surface area contributed by atoms with Gasteiger partial charge in [-0.1, -0.05) is 39.7 Å². The van der Waals surface area contributed by atoms with Gasteiger partial charge in [-0.2, -0.15) is 0 Å². The van der Waals surface area contributed by atoms with Gasteiger partial charge in [-0.15, -0.1) is 0 Å². The number of hydrogen-bond donors (Lipinski definition) is 4. The lowest BCUT2D eigenvalue weighted by Gasteiger charge is -2.29. The van der Waals surface area contributed by atoms with E-state index in [4.69, 9.17) is 36.8 Å². The first kappa shape index (κ1) is 33.4. The zero-order valence-electron chi connectivity index (χ0n) is 23.6. The number of thiocarbonyl (C=S) groups is 1. The third kappa shape index (κ3) is 14.2. The number of unbranched alkanes of at least 4 members (excludes halogenated alkanes) is 2. The third-order valence-electron chi connectivity index (χ3n) is 6.56. The van der Waals surface area contributed by atoms with Gasteiger partial charge in [0.25, 0.3) is 7.48 Å². The molecule has 0 heterocycles. The van der Waals surface area contributed by atoms with Gasteiger partial charge in [-0.25, -0.2) is 0 Å². The van der Waals surface area contributed by atoms with Crippen molar-refractivity contribution in [3.63, 3.8) is 0 Å². The predicted octanol–water partition coefficient (Wildman–Crippen LogP) is 3.40. The molecule has 0 spiro atoms. The predicted molar refractivity (Wildman–Crippen MR) is 157 cm³/mol. The molecular weight excluding hydrogens is 489 g/mol. The van der Waals surface area contributed by atoms with Gasteiger partial charge in [0.15, 0.2) is 16.6 Å². The molecule has 10 heteroatoms. The monoisotopic (exact) mass is 539 g/mol. The van der Waals surface area contributed by atoms with Crippen molar-refractivity contribution in [2.75, 3.05) is 47.3 Å². The van der Waals surface area contributed by atoms with E-state index in [2.05, 4.69) is 43.5 Å². The lowest BCUT2D eigenvalue weighted by atomic mass is 9.68. The second kappa shape index (κ2) is 20.4. The van der Waals surface area contributed by atoms with Crippen molar-refractivity contribution in [2.45, 2.75) is 71.2 Å². The number of ether oxygens (including phenoxy) is 3. The zero-order chi connectivity index (χ0) is 27.5. The van der Waals surface area contributed by atoms with E-state index in [1.165, 1.54) is 18.4 Å². The summed E-state index contributed by atoms with van der Waals surface area (Å²) in [6, 6.07) is 6.11. The number of hydrogen-bond acceptors (Lipinski definition) is 7. The van der Waals surface area contributed by atoms with E-state index >= 15 is 0 Å². The van der Waals surface area contributed by atoms with Crippen LogP contribution in [0.5, 0.6) is 11.5 Å². The molecule has 1 rings (SSSR count). The Kier molecular flexibility index (Phi) is 18.4. The minimum Gasteiger partial charge on any atom is -0.493 e. The van der Waals surface area contributed by atoms with E-state index in [1.54, 1.807) is 14.2 Å². The summed E-state index contributed by atoms with van der Waals surface area (Å²) in [5, 5.41) is 18.0. The van der Waals surface area contributed by atoms with Crippen LogP contribution in [-0.4, -0.2) is 71.1 Å². The van der Waals surface area contributed by atoms with Crippen molar-refractivity contribution in [1.82, 2.24) is 10.6 Å². The van der Waals surface area contributed by atoms with Crippen LogP contribution in [0.25, 0.3) is 0 Å². The van der Waals surface area contributed by atoms with Crippen molar-refractivity contribution >= 4 is 24.8 Å². The second-order valence-corrected chi connectivity index (χ2v) is 10.2. The Labute approximate surface area is 230 Å². The van der Waals surface area contributed by atoms with E-state index in [0.29, 0.717) is 44.2 Å². The molecule has 0 radical (unpaired) electrons. The number of benzene rings is 1. The number of methoxy groups -OCH3 is 2. The molecule has 0 aliphatic heterocycles. The topological polar surface area (TPSA) is 107 Å². The first-order valence-electron chi connectivity index (χ1n) is 13.6. The van der Waals surface area contributed by atoms with Gasteiger partial charge >= 0.3 is 0 Å². The average molecular weight is 540 g/mol. The fraction of sp³-hybridized carbons (Fsp3) is 0.741. The zero-order valence-corrected chi connectivity index (χ0v) is 24.4. The van der Waals surface area contributed by atoms with Crippen LogP contribution in [0.15, 0.2) is 18.2 Å². The van der Waals surface area contributed by atoms with Crippen LogP contribution in [0, 0.1) is 11.8 Å². The lowest BCUT2D eigenvalue weighted by molar-refractivity contribution is 0.143. The molecular formula is C27H50BN3O5S. The highest BCUT2D eigenvalue weighted by Crippen LogP contribution is 2.33. The fourth-order valence-corrected chi connectivity index (χ4v) is 4.37. The summed E-state index contributed by atoms with van der Waals surface area (Å²) in [6.07, 6.45) is 5.27. The molecule has 212 valence electrons. The van der Waals surface area contributed by atoms with E-state index < -0.39 is 6.10 Å². The third-order valence-corrected chi connectivity index (χ3v) is 6.84. The van der Waals surface area contributed by atoms with Gasteiger partial charge in [-0.05, 0) is 66.8 Å². The lowest BCUT2D eigenvalue weighted by Crippen LogP contribution is -2.42.